The zero-order valence-corrected chi connectivity index (χ0v) is 16.9. The maximum Gasteiger partial charge on any atom is 0.280 e. The van der Waals surface area contributed by atoms with E-state index in [4.69, 9.17) is 11.6 Å². The Hall–Kier alpha value is -3.45. The first-order chi connectivity index (χ1) is 14.4. The van der Waals surface area contributed by atoms with Gasteiger partial charge < -0.3 is 10.6 Å². The Kier molecular flexibility index (Phi) is 5.37. The fourth-order valence-corrected chi connectivity index (χ4v) is 3.07. The van der Waals surface area contributed by atoms with Crippen molar-refractivity contribution in [2.75, 3.05) is 5.32 Å². The molecule has 1 aromatic heterocycles. The molecule has 30 heavy (non-hydrogen) atoms. The van der Waals surface area contributed by atoms with E-state index in [9.17, 15) is 14.4 Å². The average molecular weight is 423 g/mol. The van der Waals surface area contributed by atoms with Gasteiger partial charge in [-0.3, -0.25) is 14.4 Å². The van der Waals surface area contributed by atoms with Crippen molar-refractivity contribution < 1.29 is 9.59 Å². The lowest BCUT2D eigenvalue weighted by Gasteiger charge is -2.12. The molecular formula is C22H19ClN4O3. The molecule has 152 valence electrons. The third-order valence-electron chi connectivity index (χ3n) is 4.71. The van der Waals surface area contributed by atoms with Gasteiger partial charge in [-0.25, -0.2) is 4.68 Å². The lowest BCUT2D eigenvalue weighted by Crippen LogP contribution is -2.27. The zero-order valence-electron chi connectivity index (χ0n) is 16.2. The highest BCUT2D eigenvalue weighted by molar-refractivity contribution is 6.30. The Bertz CT molecular complexity index is 1170. The molecule has 0 radical (unpaired) electrons. The molecule has 1 aliphatic rings. The first-order valence-corrected chi connectivity index (χ1v) is 9.88. The van der Waals surface area contributed by atoms with Crippen LogP contribution in [0.25, 0.3) is 5.69 Å². The quantitative estimate of drug-likeness (QED) is 0.659. The van der Waals surface area contributed by atoms with E-state index >= 15 is 0 Å². The third kappa shape index (κ3) is 4.41. The van der Waals surface area contributed by atoms with E-state index in [-0.39, 0.29) is 17.6 Å². The topological polar surface area (TPSA) is 93.1 Å². The maximum absolute atomic E-state index is 12.7. The molecule has 0 unspecified atom stereocenters. The number of hydrogen-bond acceptors (Lipinski definition) is 4. The van der Waals surface area contributed by atoms with Crippen LogP contribution in [0.3, 0.4) is 0 Å². The van der Waals surface area contributed by atoms with E-state index < -0.39 is 11.3 Å². The molecule has 1 heterocycles. The van der Waals surface area contributed by atoms with Crippen molar-refractivity contribution >= 4 is 29.1 Å². The lowest BCUT2D eigenvalue weighted by atomic mass is 10.2. The van der Waals surface area contributed by atoms with Gasteiger partial charge in [-0.15, -0.1) is 0 Å². The highest BCUT2D eigenvalue weighted by Gasteiger charge is 2.23. The molecule has 0 saturated heterocycles. The summed E-state index contributed by atoms with van der Waals surface area (Å²) in [6.07, 6.45) is 2.02. The molecule has 3 aromatic rings. The van der Waals surface area contributed by atoms with Gasteiger partial charge in [-0.1, -0.05) is 11.6 Å². The number of hydrogen-bond donors (Lipinski definition) is 2. The molecule has 8 heteroatoms. The highest BCUT2D eigenvalue weighted by Crippen LogP contribution is 2.20. The standard InChI is InChI=1S/C22H19ClN4O3/c1-13-12-19(28)20(26-27(13)18-10-4-15(23)5-11-18)22(30)25-16-6-2-14(3-7-16)21(29)24-17-8-9-17/h2-7,10-12,17H,8-9H2,1H3,(H,24,29)(H,25,30). The third-order valence-corrected chi connectivity index (χ3v) is 4.96. The summed E-state index contributed by atoms with van der Waals surface area (Å²) in [5.41, 5.74) is 1.53. The fourth-order valence-electron chi connectivity index (χ4n) is 2.94. The number of halogens is 1. The lowest BCUT2D eigenvalue weighted by molar-refractivity contribution is 0.0950. The summed E-state index contributed by atoms with van der Waals surface area (Å²) in [5, 5.41) is 10.4. The van der Waals surface area contributed by atoms with Crippen LogP contribution in [-0.4, -0.2) is 27.6 Å². The highest BCUT2D eigenvalue weighted by atomic mass is 35.5. The van der Waals surface area contributed by atoms with Crippen LogP contribution in [0.5, 0.6) is 0 Å². The molecule has 7 nitrogen and oxygen atoms in total. The monoisotopic (exact) mass is 422 g/mol. The maximum atomic E-state index is 12.7. The van der Waals surface area contributed by atoms with E-state index in [0.717, 1.165) is 12.8 Å². The summed E-state index contributed by atoms with van der Waals surface area (Å²) < 4.78 is 1.51. The Morgan fingerprint density at radius 3 is 2.33 bits per heavy atom. The van der Waals surface area contributed by atoms with Gasteiger partial charge >= 0.3 is 0 Å². The smallest absolute Gasteiger partial charge is 0.280 e. The summed E-state index contributed by atoms with van der Waals surface area (Å²) in [6, 6.07) is 15.0. The van der Waals surface area contributed by atoms with Crippen molar-refractivity contribution in [2.24, 2.45) is 0 Å². The van der Waals surface area contributed by atoms with E-state index in [1.165, 1.54) is 10.7 Å². The van der Waals surface area contributed by atoms with Gasteiger partial charge in [-0.2, -0.15) is 5.10 Å². The number of nitrogens with zero attached hydrogens (tertiary/aromatic N) is 2. The Morgan fingerprint density at radius 2 is 1.70 bits per heavy atom. The van der Waals surface area contributed by atoms with E-state index in [2.05, 4.69) is 15.7 Å². The molecule has 2 aromatic carbocycles. The van der Waals surface area contributed by atoms with E-state index in [1.54, 1.807) is 55.5 Å². The summed E-state index contributed by atoms with van der Waals surface area (Å²) in [6.45, 7) is 1.73. The number of benzene rings is 2. The van der Waals surface area contributed by atoms with Gasteiger partial charge in [0.1, 0.15) is 0 Å². The number of carbonyl (C=O) groups excluding carboxylic acids is 2. The number of anilines is 1. The van der Waals surface area contributed by atoms with Gasteiger partial charge in [0, 0.05) is 34.1 Å². The largest absolute Gasteiger partial charge is 0.349 e. The van der Waals surface area contributed by atoms with Crippen molar-refractivity contribution in [3.8, 4) is 5.69 Å². The predicted octanol–water partition coefficient (Wildman–Crippen LogP) is 3.34. The van der Waals surface area contributed by atoms with Crippen molar-refractivity contribution in [1.29, 1.82) is 0 Å². The number of aryl methyl sites for hydroxylation is 1. The summed E-state index contributed by atoms with van der Waals surface area (Å²) >= 11 is 5.93. The minimum atomic E-state index is -0.627. The molecule has 0 spiro atoms. The van der Waals surface area contributed by atoms with Gasteiger partial charge in [0.15, 0.2) is 5.69 Å². The predicted molar refractivity (Wildman–Crippen MR) is 114 cm³/mol. The molecule has 1 fully saturated rings. The van der Waals surface area contributed by atoms with Crippen LogP contribution in [-0.2, 0) is 0 Å². The van der Waals surface area contributed by atoms with Crippen LogP contribution in [0.15, 0.2) is 59.4 Å². The second-order valence-corrected chi connectivity index (χ2v) is 7.60. The van der Waals surface area contributed by atoms with Crippen LogP contribution in [0.4, 0.5) is 5.69 Å². The number of nitrogens with one attached hydrogen (secondary N) is 2. The van der Waals surface area contributed by atoms with Crippen LogP contribution in [0, 0.1) is 6.92 Å². The zero-order chi connectivity index (χ0) is 21.3. The second kappa shape index (κ2) is 8.12. The van der Waals surface area contributed by atoms with Crippen LogP contribution >= 0.6 is 11.6 Å². The Balaban J connectivity index is 1.54. The fraction of sp³-hybridized carbons (Fsp3) is 0.182. The molecule has 2 amide bonds. The van der Waals surface area contributed by atoms with Crippen molar-refractivity contribution in [2.45, 2.75) is 25.8 Å². The number of rotatable bonds is 5. The van der Waals surface area contributed by atoms with Gasteiger partial charge in [-0.05, 0) is 68.3 Å². The van der Waals surface area contributed by atoms with Crippen LogP contribution < -0.4 is 16.1 Å². The minimum absolute atomic E-state index is 0.138. The van der Waals surface area contributed by atoms with Crippen molar-refractivity contribution in [3.05, 3.63) is 86.8 Å². The molecule has 0 bridgehead atoms. The summed E-state index contributed by atoms with van der Waals surface area (Å²) in [7, 11) is 0. The number of amides is 2. The van der Waals surface area contributed by atoms with Crippen LogP contribution in [0.2, 0.25) is 5.02 Å². The number of carbonyl (C=O) groups is 2. The van der Waals surface area contributed by atoms with Gasteiger partial charge in [0.2, 0.25) is 5.43 Å². The van der Waals surface area contributed by atoms with Crippen molar-refractivity contribution in [1.82, 2.24) is 15.1 Å². The van der Waals surface area contributed by atoms with Gasteiger partial charge in [0.25, 0.3) is 11.8 Å². The normalized spacial score (nSPS) is 13.0. The Labute approximate surface area is 177 Å². The molecule has 1 aliphatic carbocycles. The summed E-state index contributed by atoms with van der Waals surface area (Å²) in [4.78, 5) is 37.1. The molecule has 2 N–H and O–H groups in total. The molecule has 0 atom stereocenters. The van der Waals surface area contributed by atoms with Crippen molar-refractivity contribution in [3.63, 3.8) is 0 Å². The van der Waals surface area contributed by atoms with Crippen LogP contribution in [0.1, 0.15) is 39.4 Å². The Morgan fingerprint density at radius 1 is 1.03 bits per heavy atom. The first kappa shape index (κ1) is 19.8. The van der Waals surface area contributed by atoms with Gasteiger partial charge in [0.05, 0.1) is 5.69 Å². The molecule has 1 saturated carbocycles. The number of aromatic nitrogens is 2. The first-order valence-electron chi connectivity index (χ1n) is 9.50. The molecular weight excluding hydrogens is 404 g/mol. The van der Waals surface area contributed by atoms with E-state index in [1.807, 2.05) is 0 Å². The molecule has 4 rings (SSSR count). The molecule has 0 aliphatic heterocycles. The summed E-state index contributed by atoms with van der Waals surface area (Å²) in [5.74, 6) is -0.765. The minimum Gasteiger partial charge on any atom is -0.349 e. The van der Waals surface area contributed by atoms with E-state index in [0.29, 0.717) is 27.7 Å². The second-order valence-electron chi connectivity index (χ2n) is 7.17. The average Bonchev–Trinajstić information content (AvgIpc) is 3.53. The SMILES string of the molecule is Cc1cc(=O)c(C(=O)Nc2ccc(C(=O)NC3CC3)cc2)nn1-c1ccc(Cl)cc1.